The number of carbonyl (C=O) groups is 5. The Morgan fingerprint density at radius 2 is 1.78 bits per heavy atom. The molecule has 0 aliphatic heterocycles. The highest BCUT2D eigenvalue weighted by Crippen LogP contribution is 2.51. The van der Waals surface area contributed by atoms with Crippen LogP contribution in [0, 0.1) is 23.7 Å². The Morgan fingerprint density at radius 3 is 2.39 bits per heavy atom. The van der Waals surface area contributed by atoms with E-state index in [0.29, 0.717) is 17.7 Å². The molecule has 3 aliphatic carbocycles. The lowest BCUT2D eigenvalue weighted by Crippen LogP contribution is -2.74. The number of carbonyl (C=O) groups excluding carboxylic acids is 5. The minimum absolute atomic E-state index is 0.0157. The zero-order chi connectivity index (χ0) is 29.8. The molecule has 5 N–H and O–H groups in total. The number of primary amides is 1. The van der Waals surface area contributed by atoms with Crippen molar-refractivity contribution in [2.45, 2.75) is 31.0 Å². The highest BCUT2D eigenvalue weighted by Gasteiger charge is 2.69. The van der Waals surface area contributed by atoms with Gasteiger partial charge in [0.05, 0.1) is 17.5 Å². The van der Waals surface area contributed by atoms with Gasteiger partial charge in [-0.25, -0.2) is 4.39 Å². The van der Waals surface area contributed by atoms with Crippen molar-refractivity contribution in [3.8, 4) is 16.9 Å². The molecule has 0 radical (unpaired) electrons. The smallest absolute Gasteiger partial charge is 0.235 e. The number of phenols is 1. The molecule has 0 heterocycles. The molecule has 0 spiro atoms. The van der Waals surface area contributed by atoms with Crippen molar-refractivity contribution in [1.29, 1.82) is 0 Å². The number of Topliss-reactive ketones (excluding diaryl/α,β-unsaturated/α-hetero) is 4. The van der Waals surface area contributed by atoms with E-state index in [0.717, 1.165) is 11.1 Å². The molecule has 0 aromatic heterocycles. The fourth-order valence-electron chi connectivity index (χ4n) is 6.98. The summed E-state index contributed by atoms with van der Waals surface area (Å²) in [5.41, 5.74) is 5.44. The molecule has 0 bridgehead atoms. The average molecular weight is 566 g/mol. The summed E-state index contributed by atoms with van der Waals surface area (Å²) in [5, 5.41) is 25.4. The van der Waals surface area contributed by atoms with Gasteiger partial charge in [-0.2, -0.15) is 0 Å². The number of nitrogens with zero attached hydrogens (tertiary/aromatic N) is 1. The van der Waals surface area contributed by atoms with Crippen molar-refractivity contribution in [1.82, 2.24) is 10.2 Å². The van der Waals surface area contributed by atoms with E-state index < -0.39 is 71.0 Å². The van der Waals surface area contributed by atoms with Gasteiger partial charge in [0.2, 0.25) is 5.91 Å². The Hall–Kier alpha value is -3.80. The molecule has 3 unspecified atom stereocenters. The fourth-order valence-corrected chi connectivity index (χ4v) is 6.98. The van der Waals surface area contributed by atoms with Crippen LogP contribution in [-0.2, 0) is 32.1 Å². The first-order valence-electron chi connectivity index (χ1n) is 13.5. The second kappa shape index (κ2) is 10.6. The number of phenolic OH excluding ortho intramolecular Hbond substituents is 1. The number of nitrogens with two attached hydrogens (primary N) is 1. The molecule has 6 atom stereocenters. The van der Waals surface area contributed by atoms with E-state index in [4.69, 9.17) is 5.73 Å². The summed E-state index contributed by atoms with van der Waals surface area (Å²) in [5.74, 6) is -10.8. The van der Waals surface area contributed by atoms with Gasteiger partial charge in [0.15, 0.2) is 34.7 Å². The Balaban J connectivity index is 1.57. The molecule has 216 valence electrons. The maximum absolute atomic E-state index is 13.9. The zero-order valence-corrected chi connectivity index (χ0v) is 22.7. The SMILES string of the molecule is CN(C)C1C(=O)C(C(N)=O)C(=O)[C@@]2(O)C(=O)C3C(=O)c4c(O)ccc(-c5ccc(CNCCF)cc5)c4C[C@H]3C[C@@H]12. The van der Waals surface area contributed by atoms with Gasteiger partial charge in [-0.15, -0.1) is 0 Å². The quantitative estimate of drug-likeness (QED) is 0.278. The highest BCUT2D eigenvalue weighted by molar-refractivity contribution is 6.32. The van der Waals surface area contributed by atoms with Crippen LogP contribution in [-0.4, -0.2) is 83.1 Å². The number of hydrogen-bond donors (Lipinski definition) is 4. The fraction of sp³-hybridized carbons (Fsp3) is 0.433. The van der Waals surface area contributed by atoms with E-state index >= 15 is 0 Å². The van der Waals surface area contributed by atoms with E-state index in [2.05, 4.69) is 5.32 Å². The van der Waals surface area contributed by atoms with Gasteiger partial charge in [0.25, 0.3) is 0 Å². The molecule has 2 saturated carbocycles. The summed E-state index contributed by atoms with van der Waals surface area (Å²) < 4.78 is 12.4. The predicted octanol–water partition coefficient (Wildman–Crippen LogP) is 0.593. The molecule has 0 saturated heterocycles. The number of rotatable bonds is 7. The van der Waals surface area contributed by atoms with Crippen molar-refractivity contribution in [3.63, 3.8) is 0 Å². The van der Waals surface area contributed by atoms with Crippen LogP contribution in [0.3, 0.4) is 0 Å². The van der Waals surface area contributed by atoms with Crippen LogP contribution in [0.4, 0.5) is 4.39 Å². The van der Waals surface area contributed by atoms with Crippen molar-refractivity contribution in [2.75, 3.05) is 27.3 Å². The first kappa shape index (κ1) is 28.7. The first-order valence-corrected chi connectivity index (χ1v) is 13.5. The van der Waals surface area contributed by atoms with Crippen molar-refractivity contribution in [3.05, 3.63) is 53.1 Å². The topological polar surface area (TPSA) is 167 Å². The summed E-state index contributed by atoms with van der Waals surface area (Å²) >= 11 is 0. The van der Waals surface area contributed by atoms with Gasteiger partial charge in [0, 0.05) is 19.0 Å². The second-order valence-electron chi connectivity index (χ2n) is 11.3. The number of fused-ring (bicyclic) bond motifs is 3. The molecule has 2 aromatic rings. The van der Waals surface area contributed by atoms with Crippen LogP contribution in [0.2, 0.25) is 0 Å². The lowest BCUT2D eigenvalue weighted by Gasteiger charge is -2.52. The molecule has 2 fully saturated rings. The van der Waals surface area contributed by atoms with E-state index in [1.54, 1.807) is 20.2 Å². The van der Waals surface area contributed by atoms with Crippen molar-refractivity contribution < 1.29 is 38.6 Å². The van der Waals surface area contributed by atoms with Crippen LogP contribution >= 0.6 is 0 Å². The minimum Gasteiger partial charge on any atom is -0.507 e. The van der Waals surface area contributed by atoms with Crippen LogP contribution in [0.5, 0.6) is 5.75 Å². The van der Waals surface area contributed by atoms with Crippen LogP contribution < -0.4 is 11.1 Å². The zero-order valence-electron chi connectivity index (χ0n) is 22.7. The highest BCUT2D eigenvalue weighted by atomic mass is 19.1. The van der Waals surface area contributed by atoms with Crippen molar-refractivity contribution in [2.24, 2.45) is 29.4 Å². The lowest BCUT2D eigenvalue weighted by molar-refractivity contribution is -0.181. The van der Waals surface area contributed by atoms with E-state index in [1.165, 1.54) is 11.0 Å². The first-order chi connectivity index (χ1) is 19.4. The minimum atomic E-state index is -2.75. The van der Waals surface area contributed by atoms with Crippen LogP contribution in [0.1, 0.15) is 27.9 Å². The van der Waals surface area contributed by atoms with Gasteiger partial charge in [0.1, 0.15) is 12.4 Å². The van der Waals surface area contributed by atoms with Gasteiger partial charge >= 0.3 is 0 Å². The van der Waals surface area contributed by atoms with Crippen LogP contribution in [0.15, 0.2) is 36.4 Å². The Labute approximate surface area is 235 Å². The largest absolute Gasteiger partial charge is 0.507 e. The Kier molecular flexibility index (Phi) is 7.39. The van der Waals surface area contributed by atoms with Gasteiger partial charge in [-0.05, 0) is 61.2 Å². The van der Waals surface area contributed by atoms with E-state index in [1.807, 2.05) is 24.3 Å². The number of ketones is 4. The third kappa shape index (κ3) is 4.39. The maximum Gasteiger partial charge on any atom is 0.235 e. The third-order valence-electron chi connectivity index (χ3n) is 8.81. The standard InChI is InChI=1S/C30H32FN3O7/c1-34(2)24-19-12-16-11-18-17(15-5-3-14(4-6-15)13-33-10-9-31)7-8-20(35)22(18)25(36)21(16)27(38)30(19,41)28(39)23(26(24)37)29(32)40/h3-8,16,19,21,23-24,33,35,41H,9-13H2,1-2H3,(H2,32,40)/t16-,19-,21?,23?,24?,30-/m0/s1. The van der Waals surface area contributed by atoms with Crippen LogP contribution in [0.25, 0.3) is 11.1 Å². The molecule has 10 nitrogen and oxygen atoms in total. The monoisotopic (exact) mass is 565 g/mol. The van der Waals surface area contributed by atoms with E-state index in [-0.39, 0.29) is 30.7 Å². The molecular formula is C30H32FN3O7. The maximum atomic E-state index is 13.9. The third-order valence-corrected chi connectivity index (χ3v) is 8.81. The number of aromatic hydroxyl groups is 1. The van der Waals surface area contributed by atoms with Crippen molar-refractivity contribution >= 4 is 29.0 Å². The summed E-state index contributed by atoms with van der Waals surface area (Å²) in [6.07, 6.45) is 0.160. The van der Waals surface area contributed by atoms with Gasteiger partial charge < -0.3 is 21.3 Å². The number of likely N-dealkylation sites (N-methyl/N-ethyl adjacent to an activating group) is 1. The molecule has 5 rings (SSSR count). The molecule has 1 amide bonds. The molecule has 11 heteroatoms. The summed E-state index contributed by atoms with van der Waals surface area (Å²) in [6, 6.07) is 9.34. The Morgan fingerprint density at radius 1 is 1.10 bits per heavy atom. The number of hydrogen-bond acceptors (Lipinski definition) is 9. The number of nitrogens with one attached hydrogen (secondary N) is 1. The lowest BCUT2D eigenvalue weighted by atomic mass is 9.52. The molecular weight excluding hydrogens is 533 g/mol. The number of aliphatic hydroxyl groups is 1. The Bertz CT molecular complexity index is 1460. The normalized spacial score (nSPS) is 29.2. The number of benzene rings is 2. The number of halogens is 1. The second-order valence-corrected chi connectivity index (χ2v) is 11.3. The summed E-state index contributed by atoms with van der Waals surface area (Å²) in [7, 11) is 3.09. The van der Waals surface area contributed by atoms with Gasteiger partial charge in [-0.3, -0.25) is 28.9 Å². The number of alkyl halides is 1. The average Bonchev–Trinajstić information content (AvgIpc) is 2.91. The molecule has 3 aliphatic rings. The molecule has 41 heavy (non-hydrogen) atoms. The summed E-state index contributed by atoms with van der Waals surface area (Å²) in [6.45, 7) is 0.243. The van der Waals surface area contributed by atoms with Gasteiger partial charge in [-0.1, -0.05) is 30.3 Å². The van der Waals surface area contributed by atoms with E-state index in [9.17, 15) is 38.6 Å². The summed E-state index contributed by atoms with van der Waals surface area (Å²) in [4.78, 5) is 67.9. The molecule has 2 aromatic carbocycles. The predicted molar refractivity (Wildman–Crippen MR) is 144 cm³/mol. The number of amides is 1.